The number of para-hydroxylation sites is 1. The monoisotopic (exact) mass is 184 g/mol. The summed E-state index contributed by atoms with van der Waals surface area (Å²) in [5.41, 5.74) is 3.00. The van der Waals surface area contributed by atoms with E-state index in [0.717, 1.165) is 22.4 Å². The number of benzene rings is 1. The SMILES string of the molecule is c1cc(-c2ncc[nH]2)c2nc[nH]c2c1. The molecule has 0 bridgehead atoms. The molecule has 0 aliphatic rings. The van der Waals surface area contributed by atoms with Crippen LogP contribution in [0.2, 0.25) is 0 Å². The van der Waals surface area contributed by atoms with Crippen LogP contribution in [0.15, 0.2) is 36.9 Å². The third kappa shape index (κ3) is 0.939. The summed E-state index contributed by atoms with van der Waals surface area (Å²) in [7, 11) is 0. The van der Waals surface area contributed by atoms with Crippen molar-refractivity contribution in [2.75, 3.05) is 0 Å². The Morgan fingerprint density at radius 1 is 1.07 bits per heavy atom. The molecule has 0 fully saturated rings. The van der Waals surface area contributed by atoms with Gasteiger partial charge in [-0.1, -0.05) is 6.07 Å². The third-order valence-corrected chi connectivity index (χ3v) is 2.20. The molecule has 0 amide bonds. The van der Waals surface area contributed by atoms with Crippen molar-refractivity contribution in [3.8, 4) is 11.4 Å². The molecule has 1 aromatic carbocycles. The van der Waals surface area contributed by atoms with Gasteiger partial charge in [-0.2, -0.15) is 0 Å². The Hall–Kier alpha value is -2.10. The Morgan fingerprint density at radius 2 is 2.07 bits per heavy atom. The van der Waals surface area contributed by atoms with Crippen molar-refractivity contribution in [1.29, 1.82) is 0 Å². The average molecular weight is 184 g/mol. The van der Waals surface area contributed by atoms with E-state index in [9.17, 15) is 0 Å². The van der Waals surface area contributed by atoms with Crippen LogP contribution in [0.5, 0.6) is 0 Å². The molecule has 4 heteroatoms. The predicted molar refractivity (Wildman–Crippen MR) is 53.7 cm³/mol. The molecule has 68 valence electrons. The number of nitrogens with one attached hydrogen (secondary N) is 2. The van der Waals surface area contributed by atoms with Gasteiger partial charge in [-0.05, 0) is 12.1 Å². The quantitative estimate of drug-likeness (QED) is 0.607. The molecule has 2 aromatic heterocycles. The minimum atomic E-state index is 0.850. The lowest BCUT2D eigenvalue weighted by Gasteiger charge is -1.96. The number of H-pyrrole nitrogens is 2. The van der Waals surface area contributed by atoms with Gasteiger partial charge in [-0.25, -0.2) is 9.97 Å². The summed E-state index contributed by atoms with van der Waals surface area (Å²) in [6, 6.07) is 5.98. The van der Waals surface area contributed by atoms with Crippen LogP contribution in [0.4, 0.5) is 0 Å². The zero-order valence-electron chi connectivity index (χ0n) is 7.36. The first-order chi connectivity index (χ1) is 6.95. The highest BCUT2D eigenvalue weighted by Gasteiger charge is 2.06. The molecule has 0 aliphatic carbocycles. The lowest BCUT2D eigenvalue weighted by molar-refractivity contribution is 1.31. The molecular weight excluding hydrogens is 176 g/mol. The van der Waals surface area contributed by atoms with E-state index in [1.807, 2.05) is 18.2 Å². The van der Waals surface area contributed by atoms with Crippen LogP contribution >= 0.6 is 0 Å². The number of hydrogen-bond donors (Lipinski definition) is 2. The number of aromatic amines is 2. The molecule has 0 atom stereocenters. The van der Waals surface area contributed by atoms with Gasteiger partial charge in [0.2, 0.25) is 0 Å². The Labute approximate surface area is 80.0 Å². The highest BCUT2D eigenvalue weighted by molar-refractivity contribution is 5.89. The fraction of sp³-hybridized carbons (Fsp3) is 0. The van der Waals surface area contributed by atoms with Crippen molar-refractivity contribution in [2.45, 2.75) is 0 Å². The summed E-state index contributed by atoms with van der Waals surface area (Å²) in [6.07, 6.45) is 5.23. The molecule has 4 nitrogen and oxygen atoms in total. The van der Waals surface area contributed by atoms with E-state index in [1.165, 1.54) is 0 Å². The van der Waals surface area contributed by atoms with Crippen LogP contribution in [-0.2, 0) is 0 Å². The fourth-order valence-corrected chi connectivity index (χ4v) is 1.57. The fourth-order valence-electron chi connectivity index (χ4n) is 1.57. The molecule has 0 spiro atoms. The van der Waals surface area contributed by atoms with Gasteiger partial charge in [0.15, 0.2) is 0 Å². The molecule has 3 rings (SSSR count). The van der Waals surface area contributed by atoms with Gasteiger partial charge in [0.05, 0.1) is 17.4 Å². The van der Waals surface area contributed by atoms with Crippen molar-refractivity contribution in [3.05, 3.63) is 36.9 Å². The lowest BCUT2D eigenvalue weighted by atomic mass is 10.2. The number of rotatable bonds is 1. The van der Waals surface area contributed by atoms with Crippen LogP contribution in [-0.4, -0.2) is 19.9 Å². The second-order valence-electron chi connectivity index (χ2n) is 3.04. The van der Waals surface area contributed by atoms with Gasteiger partial charge in [0, 0.05) is 18.0 Å². The van der Waals surface area contributed by atoms with Gasteiger partial charge >= 0.3 is 0 Å². The Bertz CT molecular complexity index is 550. The molecule has 2 N–H and O–H groups in total. The third-order valence-electron chi connectivity index (χ3n) is 2.20. The second kappa shape index (κ2) is 2.70. The molecule has 2 heterocycles. The Morgan fingerprint density at radius 3 is 2.93 bits per heavy atom. The zero-order valence-corrected chi connectivity index (χ0v) is 7.36. The number of nitrogens with zero attached hydrogens (tertiary/aromatic N) is 2. The number of hydrogen-bond acceptors (Lipinski definition) is 2. The Kier molecular flexibility index (Phi) is 1.41. The summed E-state index contributed by atoms with van der Waals surface area (Å²) >= 11 is 0. The summed E-state index contributed by atoms with van der Waals surface area (Å²) in [4.78, 5) is 14.6. The zero-order chi connectivity index (χ0) is 9.38. The summed E-state index contributed by atoms with van der Waals surface area (Å²) < 4.78 is 0. The maximum absolute atomic E-state index is 4.26. The normalized spacial score (nSPS) is 10.9. The van der Waals surface area contributed by atoms with E-state index in [4.69, 9.17) is 0 Å². The molecule has 0 unspecified atom stereocenters. The van der Waals surface area contributed by atoms with Gasteiger partial charge in [0.25, 0.3) is 0 Å². The van der Waals surface area contributed by atoms with Gasteiger partial charge in [-0.3, -0.25) is 0 Å². The molecule has 3 aromatic rings. The standard InChI is InChI=1S/C10H8N4/c1-2-7(10-11-4-5-12-10)9-8(3-1)13-6-14-9/h1-6H,(H,11,12)(H,13,14). The van der Waals surface area contributed by atoms with Gasteiger partial charge in [-0.15, -0.1) is 0 Å². The first kappa shape index (κ1) is 7.32. The second-order valence-corrected chi connectivity index (χ2v) is 3.04. The molecule has 14 heavy (non-hydrogen) atoms. The largest absolute Gasteiger partial charge is 0.345 e. The van der Waals surface area contributed by atoms with Crippen LogP contribution in [0.3, 0.4) is 0 Å². The molecule has 0 aliphatic heterocycles. The Balaban J connectivity index is 2.36. The summed E-state index contributed by atoms with van der Waals surface area (Å²) in [5, 5.41) is 0. The maximum atomic E-state index is 4.26. The number of fused-ring (bicyclic) bond motifs is 1. The van der Waals surface area contributed by atoms with Gasteiger partial charge in [0.1, 0.15) is 5.82 Å². The van der Waals surface area contributed by atoms with Crippen molar-refractivity contribution < 1.29 is 0 Å². The summed E-state index contributed by atoms with van der Waals surface area (Å²) in [6.45, 7) is 0. The average Bonchev–Trinajstić information content (AvgIpc) is 2.88. The molecule has 0 saturated heterocycles. The van der Waals surface area contributed by atoms with E-state index < -0.39 is 0 Å². The van der Waals surface area contributed by atoms with E-state index in [2.05, 4.69) is 19.9 Å². The van der Waals surface area contributed by atoms with Crippen molar-refractivity contribution in [1.82, 2.24) is 19.9 Å². The van der Waals surface area contributed by atoms with E-state index in [0.29, 0.717) is 0 Å². The van der Waals surface area contributed by atoms with Gasteiger partial charge < -0.3 is 9.97 Å². The predicted octanol–water partition coefficient (Wildman–Crippen LogP) is 1.95. The molecule has 0 radical (unpaired) electrons. The van der Waals surface area contributed by atoms with E-state index in [-0.39, 0.29) is 0 Å². The van der Waals surface area contributed by atoms with Crippen molar-refractivity contribution >= 4 is 11.0 Å². The minimum Gasteiger partial charge on any atom is -0.345 e. The first-order valence-electron chi connectivity index (χ1n) is 4.37. The van der Waals surface area contributed by atoms with Crippen LogP contribution in [0.1, 0.15) is 0 Å². The van der Waals surface area contributed by atoms with E-state index >= 15 is 0 Å². The molecular formula is C10H8N4. The molecule has 0 saturated carbocycles. The van der Waals surface area contributed by atoms with Crippen LogP contribution in [0.25, 0.3) is 22.4 Å². The topological polar surface area (TPSA) is 57.4 Å². The lowest BCUT2D eigenvalue weighted by Crippen LogP contribution is -1.82. The van der Waals surface area contributed by atoms with Crippen molar-refractivity contribution in [2.24, 2.45) is 0 Å². The minimum absolute atomic E-state index is 0.850. The highest BCUT2D eigenvalue weighted by atomic mass is 14.9. The van der Waals surface area contributed by atoms with Crippen LogP contribution in [0, 0.1) is 0 Å². The smallest absolute Gasteiger partial charge is 0.139 e. The van der Waals surface area contributed by atoms with Crippen molar-refractivity contribution in [3.63, 3.8) is 0 Å². The number of imidazole rings is 2. The van der Waals surface area contributed by atoms with Crippen LogP contribution < -0.4 is 0 Å². The van der Waals surface area contributed by atoms with E-state index in [1.54, 1.807) is 18.7 Å². The highest BCUT2D eigenvalue weighted by Crippen LogP contribution is 2.22. The first-order valence-corrected chi connectivity index (χ1v) is 4.37. The maximum Gasteiger partial charge on any atom is 0.139 e. The number of aromatic nitrogens is 4. The summed E-state index contributed by atoms with van der Waals surface area (Å²) in [5.74, 6) is 0.850.